The molecule has 0 saturated carbocycles. The summed E-state index contributed by atoms with van der Waals surface area (Å²) in [6.07, 6.45) is 3.43. The molecule has 2 aliphatic heterocycles. The Labute approximate surface area is 206 Å². The molecule has 0 radical (unpaired) electrons. The van der Waals surface area contributed by atoms with Crippen molar-refractivity contribution in [3.63, 3.8) is 0 Å². The van der Waals surface area contributed by atoms with Gasteiger partial charge in [-0.25, -0.2) is 9.78 Å². The third-order valence-corrected chi connectivity index (χ3v) is 6.62. The summed E-state index contributed by atoms with van der Waals surface area (Å²) in [5, 5.41) is 20.7. The number of fused-ring (bicyclic) bond motifs is 2. The summed E-state index contributed by atoms with van der Waals surface area (Å²) in [6.45, 7) is 1.18. The molecule has 1 aromatic carbocycles. The van der Waals surface area contributed by atoms with Crippen molar-refractivity contribution in [1.29, 1.82) is 0 Å². The molecule has 2 aliphatic rings. The van der Waals surface area contributed by atoms with Crippen LogP contribution in [0.2, 0.25) is 0 Å². The number of piperidine rings is 1. The number of pyridine rings is 1. The Morgan fingerprint density at radius 2 is 1.97 bits per heavy atom. The third-order valence-electron chi connectivity index (χ3n) is 5.41. The number of phenols is 1. The third kappa shape index (κ3) is 5.81. The predicted octanol–water partition coefficient (Wildman–Crippen LogP) is 2.96. The number of hydrogen-bond acceptors (Lipinski definition) is 7. The highest BCUT2D eigenvalue weighted by Gasteiger charge is 2.44. The molecule has 1 saturated heterocycles. The van der Waals surface area contributed by atoms with E-state index in [4.69, 9.17) is 15.6 Å². The molecule has 1 atom stereocenters. The Morgan fingerprint density at radius 3 is 2.55 bits per heavy atom. The number of rotatable bonds is 4. The van der Waals surface area contributed by atoms with E-state index in [0.717, 1.165) is 17.5 Å². The zero-order chi connectivity index (χ0) is 24.2. The van der Waals surface area contributed by atoms with Gasteiger partial charge in [-0.3, -0.25) is 14.9 Å². The summed E-state index contributed by atoms with van der Waals surface area (Å²) in [6, 6.07) is 6.09. The summed E-state index contributed by atoms with van der Waals surface area (Å²) in [4.78, 5) is 38.7. The first-order valence-corrected chi connectivity index (χ1v) is 11.5. The maximum Gasteiger partial charge on any atom is 0.413 e. The van der Waals surface area contributed by atoms with E-state index in [1.807, 2.05) is 12.1 Å². The minimum absolute atomic E-state index is 0.0858. The van der Waals surface area contributed by atoms with Crippen molar-refractivity contribution >= 4 is 56.2 Å². The molecule has 1 fully saturated rings. The number of carboxylic acid groups (broad SMARTS) is 1. The average molecular weight is 586 g/mol. The number of halogens is 2. The molecule has 5 N–H and O–H groups in total. The number of ether oxygens (including phenoxy) is 1. The summed E-state index contributed by atoms with van der Waals surface area (Å²) < 4.78 is 6.51. The fourth-order valence-electron chi connectivity index (χ4n) is 3.67. The number of anilines is 1. The highest BCUT2D eigenvalue weighted by Crippen LogP contribution is 2.42. The van der Waals surface area contributed by atoms with Crippen LogP contribution in [0.1, 0.15) is 24.0 Å². The van der Waals surface area contributed by atoms with Gasteiger partial charge in [0.05, 0.1) is 8.95 Å². The van der Waals surface area contributed by atoms with Crippen molar-refractivity contribution in [2.45, 2.75) is 30.9 Å². The quantitative estimate of drug-likeness (QED) is 0.399. The Hall–Kier alpha value is -2.70. The molecule has 0 aliphatic carbocycles. The number of aliphatic carboxylic acids is 1. The molecule has 4 rings (SSSR count). The van der Waals surface area contributed by atoms with Crippen LogP contribution >= 0.6 is 31.9 Å². The van der Waals surface area contributed by atoms with Crippen molar-refractivity contribution in [3.8, 4) is 5.75 Å². The molecular weight excluding hydrogens is 564 g/mol. The van der Waals surface area contributed by atoms with Gasteiger partial charge in [0.1, 0.15) is 23.2 Å². The van der Waals surface area contributed by atoms with Crippen LogP contribution in [-0.2, 0) is 26.3 Å². The number of nitrogens with one attached hydrogen (secondary N) is 1. The number of benzene rings is 1. The number of nitrogens with two attached hydrogens (primary N) is 1. The standard InChI is InChI=1S/C12H13N3O3.C9H9Br2NO3/c16-8-15-6-3-12(4-7-15)9-2-1-5-13-10(9)14-11(17)18-12;10-5-1-4(2-6(11)8(5)13)3-7(12)9(14)15/h1-2,5,8H,3-4,6-7H2,(H,13,14,17);1-2,7,13H,3,12H2,(H,14,15). The number of carbonyl (C=O) groups is 3. The molecule has 176 valence electrons. The minimum atomic E-state index is -1.05. The Bertz CT molecular complexity index is 1040. The van der Waals surface area contributed by atoms with E-state index in [2.05, 4.69) is 42.2 Å². The van der Waals surface area contributed by atoms with Gasteiger partial charge in [-0.05, 0) is 68.1 Å². The lowest BCUT2D eigenvalue weighted by atomic mass is 9.83. The van der Waals surface area contributed by atoms with Gasteiger partial charge in [-0.2, -0.15) is 0 Å². The fourth-order valence-corrected chi connectivity index (χ4v) is 4.95. The van der Waals surface area contributed by atoms with Gasteiger partial charge in [0.15, 0.2) is 0 Å². The number of carboxylic acids is 1. The van der Waals surface area contributed by atoms with E-state index in [-0.39, 0.29) is 12.2 Å². The molecule has 3 heterocycles. The molecule has 2 amide bonds. The van der Waals surface area contributed by atoms with Gasteiger partial charge in [-0.1, -0.05) is 0 Å². The van der Waals surface area contributed by atoms with Crippen molar-refractivity contribution < 1.29 is 29.3 Å². The van der Waals surface area contributed by atoms with E-state index in [1.54, 1.807) is 23.2 Å². The van der Waals surface area contributed by atoms with Gasteiger partial charge in [-0.15, -0.1) is 0 Å². The Balaban J connectivity index is 0.000000190. The zero-order valence-electron chi connectivity index (χ0n) is 17.3. The lowest BCUT2D eigenvalue weighted by molar-refractivity contribution is -0.138. The monoisotopic (exact) mass is 584 g/mol. The highest BCUT2D eigenvalue weighted by molar-refractivity contribution is 9.11. The number of hydrogen-bond donors (Lipinski definition) is 4. The van der Waals surface area contributed by atoms with Gasteiger partial charge in [0.2, 0.25) is 6.41 Å². The lowest BCUT2D eigenvalue weighted by Gasteiger charge is -2.42. The van der Waals surface area contributed by atoms with E-state index >= 15 is 0 Å². The molecule has 1 aromatic heterocycles. The molecule has 0 bridgehead atoms. The Kier molecular flexibility index (Phi) is 7.92. The second kappa shape index (κ2) is 10.5. The first-order valence-electron chi connectivity index (χ1n) is 9.95. The molecule has 2 aromatic rings. The predicted molar refractivity (Wildman–Crippen MR) is 126 cm³/mol. The molecule has 1 spiro atoms. The number of amides is 2. The van der Waals surface area contributed by atoms with Crippen molar-refractivity contribution in [1.82, 2.24) is 9.88 Å². The summed E-state index contributed by atoms with van der Waals surface area (Å²) >= 11 is 6.31. The second-order valence-corrected chi connectivity index (χ2v) is 9.32. The van der Waals surface area contributed by atoms with Crippen LogP contribution in [-0.4, -0.2) is 57.7 Å². The van der Waals surface area contributed by atoms with Gasteiger partial charge >= 0.3 is 12.1 Å². The lowest BCUT2D eigenvalue weighted by Crippen LogP contribution is -2.48. The molecule has 1 unspecified atom stereocenters. The second-order valence-electron chi connectivity index (χ2n) is 7.61. The maximum absolute atomic E-state index is 11.6. The van der Waals surface area contributed by atoms with E-state index in [1.165, 1.54) is 0 Å². The zero-order valence-corrected chi connectivity index (χ0v) is 20.5. The van der Waals surface area contributed by atoms with E-state index < -0.39 is 23.7 Å². The minimum Gasteiger partial charge on any atom is -0.506 e. The number of nitrogens with zero attached hydrogens (tertiary/aromatic N) is 2. The fraction of sp³-hybridized carbons (Fsp3) is 0.333. The number of carbonyl (C=O) groups excluding carboxylic acids is 2. The van der Waals surface area contributed by atoms with Gasteiger partial charge in [0.25, 0.3) is 0 Å². The number of phenolic OH excluding ortho intramolecular Hbond substituents is 1. The van der Waals surface area contributed by atoms with Crippen LogP contribution in [0.15, 0.2) is 39.4 Å². The average Bonchev–Trinajstić information content (AvgIpc) is 2.78. The van der Waals surface area contributed by atoms with Crippen LogP contribution in [0.5, 0.6) is 5.75 Å². The molecular formula is C21H22Br2N4O6. The van der Waals surface area contributed by atoms with Gasteiger partial charge < -0.3 is 25.6 Å². The smallest absolute Gasteiger partial charge is 0.413 e. The van der Waals surface area contributed by atoms with Crippen LogP contribution < -0.4 is 11.1 Å². The topological polar surface area (TPSA) is 155 Å². The summed E-state index contributed by atoms with van der Waals surface area (Å²) in [5.74, 6) is -0.397. The first kappa shape index (κ1) is 24.9. The molecule has 12 heteroatoms. The number of likely N-dealkylation sites (tertiary alicyclic amines) is 1. The SMILES string of the molecule is NC(Cc1cc(Br)c(O)c(Br)c1)C(=O)O.O=CN1CCC2(CC1)OC(=O)Nc1ncccc12. The van der Waals surface area contributed by atoms with Crippen molar-refractivity contribution in [3.05, 3.63) is 50.5 Å². The van der Waals surface area contributed by atoms with Crippen molar-refractivity contribution in [2.24, 2.45) is 5.73 Å². The van der Waals surface area contributed by atoms with Crippen LogP contribution in [0.25, 0.3) is 0 Å². The molecule has 10 nitrogen and oxygen atoms in total. The van der Waals surface area contributed by atoms with Crippen LogP contribution in [0, 0.1) is 0 Å². The van der Waals surface area contributed by atoms with Crippen LogP contribution in [0.4, 0.5) is 10.6 Å². The largest absolute Gasteiger partial charge is 0.506 e. The molecule has 33 heavy (non-hydrogen) atoms. The maximum atomic E-state index is 11.6. The van der Waals surface area contributed by atoms with E-state index in [9.17, 15) is 19.5 Å². The normalized spacial score (nSPS) is 17.1. The highest BCUT2D eigenvalue weighted by atomic mass is 79.9. The first-order chi connectivity index (χ1) is 15.6. The summed E-state index contributed by atoms with van der Waals surface area (Å²) in [7, 11) is 0. The number of aromatic hydroxyl groups is 1. The van der Waals surface area contributed by atoms with Crippen molar-refractivity contribution in [2.75, 3.05) is 18.4 Å². The van der Waals surface area contributed by atoms with Crippen LogP contribution in [0.3, 0.4) is 0 Å². The Morgan fingerprint density at radius 1 is 1.33 bits per heavy atom. The van der Waals surface area contributed by atoms with E-state index in [0.29, 0.717) is 40.7 Å². The number of aromatic nitrogens is 1. The van der Waals surface area contributed by atoms with Gasteiger partial charge in [0, 0.05) is 37.7 Å². The summed E-state index contributed by atoms with van der Waals surface area (Å²) in [5.41, 5.74) is 6.40.